The van der Waals surface area contributed by atoms with E-state index in [9.17, 15) is 9.59 Å². The molecule has 0 saturated carbocycles. The number of carbonyl (C=O) groups is 2. The molecule has 2 amide bonds. The number of benzene rings is 2. The predicted molar refractivity (Wildman–Crippen MR) is 138 cm³/mol. The van der Waals surface area contributed by atoms with Gasteiger partial charge in [-0.25, -0.2) is 0 Å². The molecule has 33 heavy (non-hydrogen) atoms. The molecule has 2 aromatic rings. The number of nitrogens with zero attached hydrogens (tertiary/aromatic N) is 1. The van der Waals surface area contributed by atoms with E-state index in [1.54, 1.807) is 17.0 Å². The van der Waals surface area contributed by atoms with Crippen LogP contribution in [0.25, 0.3) is 0 Å². The van der Waals surface area contributed by atoms with Crippen molar-refractivity contribution in [1.82, 2.24) is 10.2 Å². The molecule has 0 radical (unpaired) electrons. The Morgan fingerprint density at radius 3 is 2.18 bits per heavy atom. The van der Waals surface area contributed by atoms with Gasteiger partial charge in [-0.2, -0.15) is 0 Å². The number of halogens is 2. The summed E-state index contributed by atoms with van der Waals surface area (Å²) in [5.74, 6) is 0.265. The van der Waals surface area contributed by atoms with E-state index in [2.05, 4.69) is 43.4 Å². The lowest BCUT2D eigenvalue weighted by molar-refractivity contribution is -0.141. The second-order valence-electron chi connectivity index (χ2n) is 8.90. The van der Waals surface area contributed by atoms with E-state index in [0.717, 1.165) is 17.5 Å². The van der Waals surface area contributed by atoms with Gasteiger partial charge in [-0.15, -0.1) is 0 Å². The minimum atomic E-state index is -0.568. The zero-order valence-electron chi connectivity index (χ0n) is 20.3. The first-order valence-electron chi connectivity index (χ1n) is 11.8. The highest BCUT2D eigenvalue weighted by Crippen LogP contribution is 2.24. The molecule has 2 rings (SSSR count). The molecule has 0 aliphatic heterocycles. The summed E-state index contributed by atoms with van der Waals surface area (Å²) >= 11 is 12.5. The normalized spacial score (nSPS) is 13.0. The van der Waals surface area contributed by atoms with Crippen molar-refractivity contribution in [3.63, 3.8) is 0 Å². The van der Waals surface area contributed by atoms with Gasteiger partial charge in [-0.1, -0.05) is 81.2 Å². The van der Waals surface area contributed by atoms with Crippen molar-refractivity contribution in [2.24, 2.45) is 0 Å². The Labute approximate surface area is 208 Å². The van der Waals surface area contributed by atoms with E-state index in [4.69, 9.17) is 23.2 Å². The van der Waals surface area contributed by atoms with Crippen molar-refractivity contribution < 1.29 is 9.59 Å². The fourth-order valence-corrected chi connectivity index (χ4v) is 4.13. The van der Waals surface area contributed by atoms with Crippen molar-refractivity contribution >= 4 is 35.0 Å². The Morgan fingerprint density at radius 2 is 1.64 bits per heavy atom. The maximum Gasteiger partial charge on any atom is 0.243 e. The maximum atomic E-state index is 13.4. The molecule has 4 nitrogen and oxygen atoms in total. The van der Waals surface area contributed by atoms with E-state index in [0.29, 0.717) is 35.2 Å². The largest absolute Gasteiger partial charge is 0.352 e. The van der Waals surface area contributed by atoms with Crippen LogP contribution in [0, 0.1) is 0 Å². The first kappa shape index (κ1) is 27.2. The van der Waals surface area contributed by atoms with Gasteiger partial charge in [-0.3, -0.25) is 9.59 Å². The highest BCUT2D eigenvalue weighted by Gasteiger charge is 2.29. The summed E-state index contributed by atoms with van der Waals surface area (Å²) in [6.45, 7) is 10.5. The zero-order chi connectivity index (χ0) is 24.5. The lowest BCUT2D eigenvalue weighted by Gasteiger charge is -2.32. The van der Waals surface area contributed by atoms with Crippen LogP contribution in [-0.4, -0.2) is 28.8 Å². The van der Waals surface area contributed by atoms with Crippen LogP contribution in [0.3, 0.4) is 0 Å². The highest BCUT2D eigenvalue weighted by atomic mass is 35.5. The van der Waals surface area contributed by atoms with Gasteiger partial charge in [0, 0.05) is 29.1 Å². The molecule has 2 aromatic carbocycles. The van der Waals surface area contributed by atoms with E-state index < -0.39 is 6.04 Å². The Kier molecular flexibility index (Phi) is 10.7. The van der Waals surface area contributed by atoms with Gasteiger partial charge in [0.05, 0.1) is 0 Å². The van der Waals surface area contributed by atoms with Gasteiger partial charge in [0.25, 0.3) is 0 Å². The van der Waals surface area contributed by atoms with Crippen molar-refractivity contribution in [2.75, 3.05) is 0 Å². The summed E-state index contributed by atoms with van der Waals surface area (Å²) in [5, 5.41) is 4.05. The molecule has 6 heteroatoms. The first-order valence-corrected chi connectivity index (χ1v) is 12.5. The van der Waals surface area contributed by atoms with Gasteiger partial charge in [0.2, 0.25) is 11.8 Å². The van der Waals surface area contributed by atoms with Crippen molar-refractivity contribution in [2.45, 2.75) is 84.8 Å². The summed E-state index contributed by atoms with van der Waals surface area (Å²) in [6.07, 6.45) is 2.28. The minimum absolute atomic E-state index is 0.0436. The molecule has 180 valence electrons. The Morgan fingerprint density at radius 1 is 0.970 bits per heavy atom. The smallest absolute Gasteiger partial charge is 0.243 e. The molecule has 0 aliphatic rings. The second kappa shape index (κ2) is 13.0. The fourth-order valence-electron chi connectivity index (χ4n) is 3.66. The van der Waals surface area contributed by atoms with Crippen molar-refractivity contribution in [3.8, 4) is 0 Å². The average Bonchev–Trinajstić information content (AvgIpc) is 2.78. The first-order chi connectivity index (χ1) is 15.7. The van der Waals surface area contributed by atoms with E-state index in [1.807, 2.05) is 26.8 Å². The topological polar surface area (TPSA) is 49.4 Å². The molecule has 0 aliphatic carbocycles. The maximum absolute atomic E-state index is 13.4. The van der Waals surface area contributed by atoms with Gasteiger partial charge >= 0.3 is 0 Å². The van der Waals surface area contributed by atoms with Gasteiger partial charge in [-0.05, 0) is 60.9 Å². The highest BCUT2D eigenvalue weighted by molar-refractivity contribution is 6.35. The number of hydrogen-bond donors (Lipinski definition) is 1. The van der Waals surface area contributed by atoms with Crippen molar-refractivity contribution in [1.29, 1.82) is 0 Å². The van der Waals surface area contributed by atoms with Crippen LogP contribution < -0.4 is 5.32 Å². The van der Waals surface area contributed by atoms with Crippen molar-refractivity contribution in [3.05, 3.63) is 69.2 Å². The van der Waals surface area contributed by atoms with Crippen LogP contribution in [-0.2, 0) is 22.6 Å². The third-order valence-corrected chi connectivity index (χ3v) is 6.60. The third kappa shape index (κ3) is 8.04. The van der Waals surface area contributed by atoms with E-state index in [1.165, 1.54) is 5.56 Å². The SMILES string of the molecule is CCC(C)NC(=O)C(CC)N(Cc1ccc(Cl)cc1Cl)C(=O)CCc1ccc(C(C)C)cc1. The summed E-state index contributed by atoms with van der Waals surface area (Å²) in [6, 6.07) is 13.1. The Balaban J connectivity index is 2.23. The number of carbonyl (C=O) groups excluding carboxylic acids is 2. The Bertz CT molecular complexity index is 928. The summed E-state index contributed by atoms with van der Waals surface area (Å²) < 4.78 is 0. The second-order valence-corrected chi connectivity index (χ2v) is 9.74. The van der Waals surface area contributed by atoms with Gasteiger partial charge < -0.3 is 10.2 Å². The number of amides is 2. The van der Waals surface area contributed by atoms with Crippen LogP contribution in [0.4, 0.5) is 0 Å². The van der Waals surface area contributed by atoms with E-state index in [-0.39, 0.29) is 24.4 Å². The molecule has 0 bridgehead atoms. The molecule has 0 fully saturated rings. The molecule has 0 heterocycles. The number of aryl methyl sites for hydroxylation is 1. The van der Waals surface area contributed by atoms with Crippen LogP contribution in [0.2, 0.25) is 10.0 Å². The molecule has 2 unspecified atom stereocenters. The molecular weight excluding hydrogens is 455 g/mol. The van der Waals surface area contributed by atoms with Crippen LogP contribution in [0.15, 0.2) is 42.5 Å². The summed E-state index contributed by atoms with van der Waals surface area (Å²) in [5.41, 5.74) is 3.15. The zero-order valence-corrected chi connectivity index (χ0v) is 21.8. The number of nitrogens with one attached hydrogen (secondary N) is 1. The van der Waals surface area contributed by atoms with Crippen LogP contribution >= 0.6 is 23.2 Å². The summed E-state index contributed by atoms with van der Waals surface area (Å²) in [7, 11) is 0. The Hall–Kier alpha value is -2.04. The standard InChI is InChI=1S/C27H36Cl2N2O2/c1-6-19(5)30-27(33)25(7-2)31(17-22-13-14-23(28)16-24(22)29)26(32)15-10-20-8-11-21(12-9-20)18(3)4/h8-9,11-14,16,18-19,25H,6-7,10,15,17H2,1-5H3,(H,30,33). The monoisotopic (exact) mass is 490 g/mol. The average molecular weight is 492 g/mol. The quantitative estimate of drug-likeness (QED) is 0.377. The summed E-state index contributed by atoms with van der Waals surface area (Å²) in [4.78, 5) is 28.1. The molecule has 2 atom stereocenters. The molecule has 0 saturated heterocycles. The number of rotatable bonds is 11. The predicted octanol–water partition coefficient (Wildman–Crippen LogP) is 6.77. The minimum Gasteiger partial charge on any atom is -0.352 e. The van der Waals surface area contributed by atoms with Gasteiger partial charge in [0.15, 0.2) is 0 Å². The van der Waals surface area contributed by atoms with Gasteiger partial charge in [0.1, 0.15) is 6.04 Å². The van der Waals surface area contributed by atoms with Crippen LogP contribution in [0.5, 0.6) is 0 Å². The molecule has 0 spiro atoms. The molecular formula is C27H36Cl2N2O2. The molecule has 1 N–H and O–H groups in total. The van der Waals surface area contributed by atoms with E-state index >= 15 is 0 Å². The third-order valence-electron chi connectivity index (χ3n) is 6.02. The van der Waals surface area contributed by atoms with Crippen LogP contribution in [0.1, 0.15) is 76.5 Å². The fraction of sp³-hybridized carbons (Fsp3) is 0.481. The molecule has 0 aromatic heterocycles. The number of hydrogen-bond acceptors (Lipinski definition) is 2. The lowest BCUT2D eigenvalue weighted by Crippen LogP contribution is -2.50. The lowest BCUT2D eigenvalue weighted by atomic mass is 10.00.